The van der Waals surface area contributed by atoms with Gasteiger partial charge in [0.2, 0.25) is 5.91 Å². The molecule has 0 bridgehead atoms. The summed E-state index contributed by atoms with van der Waals surface area (Å²) in [6.45, 7) is 2.06. The number of nitriles is 1. The first-order chi connectivity index (χ1) is 9.60. The molecule has 4 nitrogen and oxygen atoms in total. The van der Waals surface area contributed by atoms with E-state index in [4.69, 9.17) is 0 Å². The topological polar surface area (TPSA) is 61.2 Å². The van der Waals surface area contributed by atoms with Gasteiger partial charge in [-0.1, -0.05) is 11.8 Å². The number of anilines is 1. The number of hydrogen-bond acceptors (Lipinski definition) is 5. The van der Waals surface area contributed by atoms with Crippen LogP contribution in [0.2, 0.25) is 0 Å². The van der Waals surface area contributed by atoms with Gasteiger partial charge in [0.1, 0.15) is 11.1 Å². The first kappa shape index (κ1) is 13.7. The summed E-state index contributed by atoms with van der Waals surface area (Å²) in [4.78, 5) is 26.3. The van der Waals surface area contributed by atoms with Crippen LogP contribution in [0.3, 0.4) is 0 Å². The van der Waals surface area contributed by atoms with Crippen LogP contribution in [-0.2, 0) is 22.4 Å². The standard InChI is InChI=1S/C14H14N2O2S2/c1-8(17)19-9-5-13(18)16(7-9)14-11(6-15)10-3-2-4-12(10)20-14/h9H,2-5,7H2,1H3. The van der Waals surface area contributed by atoms with Gasteiger partial charge in [-0.05, 0) is 24.8 Å². The Bertz CT molecular complexity index is 630. The molecule has 0 radical (unpaired) electrons. The van der Waals surface area contributed by atoms with Crippen molar-refractivity contribution in [1.29, 1.82) is 5.26 Å². The van der Waals surface area contributed by atoms with Crippen molar-refractivity contribution >= 4 is 39.1 Å². The molecule has 0 aromatic carbocycles. The Morgan fingerprint density at radius 1 is 1.50 bits per heavy atom. The SMILES string of the molecule is CC(=O)SC1CC(=O)N(c2sc3c(c2C#N)CCC3)C1. The van der Waals surface area contributed by atoms with Crippen LogP contribution in [0.25, 0.3) is 0 Å². The maximum Gasteiger partial charge on any atom is 0.228 e. The highest BCUT2D eigenvalue weighted by molar-refractivity contribution is 8.14. The van der Waals surface area contributed by atoms with E-state index in [1.54, 1.807) is 16.2 Å². The van der Waals surface area contributed by atoms with Crippen molar-refractivity contribution in [2.24, 2.45) is 0 Å². The summed E-state index contributed by atoms with van der Waals surface area (Å²) in [7, 11) is 0. The monoisotopic (exact) mass is 306 g/mol. The minimum Gasteiger partial charge on any atom is -0.302 e. The van der Waals surface area contributed by atoms with E-state index >= 15 is 0 Å². The van der Waals surface area contributed by atoms with Crippen molar-refractivity contribution < 1.29 is 9.59 Å². The molecule has 1 saturated heterocycles. The zero-order valence-electron chi connectivity index (χ0n) is 11.1. The first-order valence-electron chi connectivity index (χ1n) is 6.62. The molecular formula is C14H14N2O2S2. The number of carbonyl (C=O) groups excluding carboxylic acids is 2. The second-order valence-corrected chi connectivity index (χ2v) is 7.65. The zero-order valence-corrected chi connectivity index (χ0v) is 12.8. The van der Waals surface area contributed by atoms with Crippen molar-refractivity contribution in [2.75, 3.05) is 11.4 Å². The zero-order chi connectivity index (χ0) is 14.3. The van der Waals surface area contributed by atoms with E-state index in [-0.39, 0.29) is 16.3 Å². The second-order valence-electron chi connectivity index (χ2n) is 5.09. The van der Waals surface area contributed by atoms with Gasteiger partial charge in [0.15, 0.2) is 5.12 Å². The lowest BCUT2D eigenvalue weighted by Crippen LogP contribution is -2.24. The van der Waals surface area contributed by atoms with Gasteiger partial charge in [0, 0.05) is 30.0 Å². The molecule has 1 aliphatic carbocycles. The van der Waals surface area contributed by atoms with Crippen LogP contribution in [0, 0.1) is 11.3 Å². The third kappa shape index (κ3) is 2.25. The van der Waals surface area contributed by atoms with Gasteiger partial charge in [-0.2, -0.15) is 5.26 Å². The van der Waals surface area contributed by atoms with E-state index in [0.29, 0.717) is 18.5 Å². The van der Waals surface area contributed by atoms with Crippen LogP contribution >= 0.6 is 23.1 Å². The number of hydrogen-bond donors (Lipinski definition) is 0. The number of carbonyl (C=O) groups is 2. The molecule has 0 N–H and O–H groups in total. The molecule has 20 heavy (non-hydrogen) atoms. The maximum atomic E-state index is 12.2. The van der Waals surface area contributed by atoms with Crippen LogP contribution in [0.5, 0.6) is 0 Å². The highest BCUT2D eigenvalue weighted by Gasteiger charge is 2.35. The van der Waals surface area contributed by atoms with Gasteiger partial charge >= 0.3 is 0 Å². The summed E-state index contributed by atoms with van der Waals surface area (Å²) in [6, 6.07) is 2.27. The molecule has 2 aliphatic rings. The molecule has 0 spiro atoms. The number of nitrogens with zero attached hydrogens (tertiary/aromatic N) is 2. The molecule has 1 aliphatic heterocycles. The Labute approximate surface area is 125 Å². The maximum absolute atomic E-state index is 12.2. The van der Waals surface area contributed by atoms with E-state index < -0.39 is 0 Å². The van der Waals surface area contributed by atoms with Crippen molar-refractivity contribution in [3.8, 4) is 6.07 Å². The van der Waals surface area contributed by atoms with Crippen LogP contribution in [0.15, 0.2) is 0 Å². The Kier molecular flexibility index (Phi) is 3.57. The minimum atomic E-state index is 0.0171. The van der Waals surface area contributed by atoms with Crippen LogP contribution < -0.4 is 4.90 Å². The van der Waals surface area contributed by atoms with E-state index in [2.05, 4.69) is 6.07 Å². The summed E-state index contributed by atoms with van der Waals surface area (Å²) >= 11 is 2.81. The van der Waals surface area contributed by atoms with Crippen LogP contribution in [-0.4, -0.2) is 22.8 Å². The van der Waals surface area contributed by atoms with Gasteiger partial charge in [0.25, 0.3) is 0 Å². The fourth-order valence-electron chi connectivity index (χ4n) is 2.88. The first-order valence-corrected chi connectivity index (χ1v) is 8.32. The Hall–Kier alpha value is -1.32. The van der Waals surface area contributed by atoms with Gasteiger partial charge in [-0.3, -0.25) is 9.59 Å². The average molecular weight is 306 g/mol. The normalized spacial score (nSPS) is 21.1. The number of thioether (sulfide) groups is 1. The molecular weight excluding hydrogens is 292 g/mol. The Balaban J connectivity index is 1.89. The fourth-order valence-corrected chi connectivity index (χ4v) is 5.16. The highest BCUT2D eigenvalue weighted by Crippen LogP contribution is 2.42. The molecule has 6 heteroatoms. The summed E-state index contributed by atoms with van der Waals surface area (Å²) in [5, 5.41) is 10.2. The smallest absolute Gasteiger partial charge is 0.228 e. The summed E-state index contributed by atoms with van der Waals surface area (Å²) in [5.41, 5.74) is 1.83. The molecule has 1 unspecified atom stereocenters. The molecule has 0 saturated carbocycles. The fraction of sp³-hybridized carbons (Fsp3) is 0.500. The van der Waals surface area contributed by atoms with E-state index in [0.717, 1.165) is 29.8 Å². The highest BCUT2D eigenvalue weighted by atomic mass is 32.2. The molecule has 2 heterocycles. The third-order valence-electron chi connectivity index (χ3n) is 3.68. The number of thiophene rings is 1. The number of amides is 1. The lowest BCUT2D eigenvalue weighted by Gasteiger charge is -2.15. The molecule has 1 atom stereocenters. The van der Waals surface area contributed by atoms with Gasteiger partial charge in [0.05, 0.1) is 5.56 Å². The summed E-state index contributed by atoms with van der Waals surface area (Å²) in [5.74, 6) is 0.0279. The molecule has 3 rings (SSSR count). The molecule has 104 valence electrons. The Morgan fingerprint density at radius 2 is 2.30 bits per heavy atom. The predicted molar refractivity (Wildman–Crippen MR) is 80.1 cm³/mol. The van der Waals surface area contributed by atoms with Crippen LogP contribution in [0.4, 0.5) is 5.00 Å². The summed E-state index contributed by atoms with van der Waals surface area (Å²) in [6.07, 6.45) is 3.45. The molecule has 1 amide bonds. The predicted octanol–water partition coefficient (Wildman–Crippen LogP) is 2.49. The van der Waals surface area contributed by atoms with Crippen LogP contribution in [0.1, 0.15) is 35.8 Å². The second kappa shape index (κ2) is 5.23. The van der Waals surface area contributed by atoms with Gasteiger partial charge in [-0.15, -0.1) is 11.3 Å². The van der Waals surface area contributed by atoms with E-state index in [9.17, 15) is 14.9 Å². The Morgan fingerprint density at radius 3 is 3.00 bits per heavy atom. The molecule has 1 aromatic rings. The van der Waals surface area contributed by atoms with E-state index in [1.807, 2.05) is 0 Å². The van der Waals surface area contributed by atoms with Crippen molar-refractivity contribution in [3.63, 3.8) is 0 Å². The van der Waals surface area contributed by atoms with Crippen molar-refractivity contribution in [3.05, 3.63) is 16.0 Å². The number of rotatable bonds is 2. The quantitative estimate of drug-likeness (QED) is 0.842. The lowest BCUT2D eigenvalue weighted by atomic mass is 10.1. The average Bonchev–Trinajstić information content (AvgIpc) is 3.01. The summed E-state index contributed by atoms with van der Waals surface area (Å²) < 4.78 is 0. The van der Waals surface area contributed by atoms with Crippen molar-refractivity contribution in [2.45, 2.75) is 37.9 Å². The van der Waals surface area contributed by atoms with E-state index in [1.165, 1.54) is 23.6 Å². The van der Waals surface area contributed by atoms with Gasteiger partial charge in [-0.25, -0.2) is 0 Å². The number of fused-ring (bicyclic) bond motifs is 1. The van der Waals surface area contributed by atoms with Crippen molar-refractivity contribution in [1.82, 2.24) is 0 Å². The number of aryl methyl sites for hydroxylation is 1. The molecule has 1 fully saturated rings. The molecule has 1 aromatic heterocycles. The minimum absolute atomic E-state index is 0.0171. The largest absolute Gasteiger partial charge is 0.302 e. The third-order valence-corrected chi connectivity index (χ3v) is 5.98. The lowest BCUT2D eigenvalue weighted by molar-refractivity contribution is -0.117. The van der Waals surface area contributed by atoms with Gasteiger partial charge < -0.3 is 4.90 Å².